The van der Waals surface area contributed by atoms with E-state index in [0.717, 1.165) is 19.3 Å². The third-order valence-electron chi connectivity index (χ3n) is 4.27. The van der Waals surface area contributed by atoms with E-state index in [0.29, 0.717) is 5.92 Å². The molecule has 2 fully saturated rings. The Morgan fingerprint density at radius 2 is 2.06 bits per heavy atom. The molecule has 1 aromatic heterocycles. The number of ether oxygens (including phenoxy) is 1. The molecule has 2 aliphatic rings. The lowest BCUT2D eigenvalue weighted by Gasteiger charge is -2.39. The Hall–Kier alpha value is -0.930. The van der Waals surface area contributed by atoms with Crippen molar-refractivity contribution in [3.05, 3.63) is 30.1 Å². The first-order chi connectivity index (χ1) is 8.93. The van der Waals surface area contributed by atoms with Crippen molar-refractivity contribution in [3.63, 3.8) is 0 Å². The largest absolute Gasteiger partial charge is 0.381 e. The van der Waals surface area contributed by atoms with E-state index in [1.165, 1.54) is 44.5 Å². The maximum atomic E-state index is 5.46. The minimum atomic E-state index is 0.628. The van der Waals surface area contributed by atoms with E-state index in [9.17, 15) is 0 Å². The number of rotatable bonds is 2. The molecule has 18 heavy (non-hydrogen) atoms. The highest BCUT2D eigenvalue weighted by Crippen LogP contribution is 2.28. The fourth-order valence-electron chi connectivity index (χ4n) is 3.25. The zero-order valence-electron chi connectivity index (χ0n) is 10.9. The number of hydrogen-bond acceptors (Lipinski definition) is 3. The van der Waals surface area contributed by atoms with Crippen LogP contribution < -0.4 is 0 Å². The Morgan fingerprint density at radius 3 is 2.83 bits per heavy atom. The summed E-state index contributed by atoms with van der Waals surface area (Å²) in [5.41, 5.74) is 1.27. The second-order valence-electron chi connectivity index (χ2n) is 5.43. The van der Waals surface area contributed by atoms with Crippen molar-refractivity contribution in [3.8, 4) is 0 Å². The highest BCUT2D eigenvalue weighted by Gasteiger charge is 2.28. The topological polar surface area (TPSA) is 25.4 Å². The van der Waals surface area contributed by atoms with Gasteiger partial charge in [-0.2, -0.15) is 0 Å². The molecule has 0 N–H and O–H groups in total. The summed E-state index contributed by atoms with van der Waals surface area (Å²) in [6.07, 6.45) is 6.92. The van der Waals surface area contributed by atoms with E-state index < -0.39 is 0 Å². The molecule has 1 aromatic rings. The predicted molar refractivity (Wildman–Crippen MR) is 71.6 cm³/mol. The summed E-state index contributed by atoms with van der Waals surface area (Å²) in [4.78, 5) is 7.20. The van der Waals surface area contributed by atoms with Crippen LogP contribution in [0.5, 0.6) is 0 Å². The van der Waals surface area contributed by atoms with Gasteiger partial charge < -0.3 is 4.74 Å². The molecule has 98 valence electrons. The molecule has 3 heteroatoms. The standard InChI is InChI=1S/C15H22N2O/c1-2-8-16-15(5-1)13-4-3-9-17(12-13)14-6-10-18-11-7-14/h1-2,5,8,13-14H,3-4,6-7,9-12H2/t13-/m0/s1. The minimum Gasteiger partial charge on any atom is -0.381 e. The Kier molecular flexibility index (Phi) is 3.91. The summed E-state index contributed by atoms with van der Waals surface area (Å²) in [7, 11) is 0. The number of hydrogen-bond donors (Lipinski definition) is 0. The Labute approximate surface area is 109 Å². The molecular weight excluding hydrogens is 224 g/mol. The quantitative estimate of drug-likeness (QED) is 0.801. The van der Waals surface area contributed by atoms with Crippen LogP contribution in [0.4, 0.5) is 0 Å². The van der Waals surface area contributed by atoms with Gasteiger partial charge in [-0.25, -0.2) is 0 Å². The van der Waals surface area contributed by atoms with Gasteiger partial charge >= 0.3 is 0 Å². The highest BCUT2D eigenvalue weighted by atomic mass is 16.5. The molecule has 3 nitrogen and oxygen atoms in total. The van der Waals surface area contributed by atoms with Crippen LogP contribution in [0.1, 0.15) is 37.3 Å². The van der Waals surface area contributed by atoms with E-state index >= 15 is 0 Å². The lowest BCUT2D eigenvalue weighted by Crippen LogP contribution is -2.44. The minimum absolute atomic E-state index is 0.628. The molecule has 0 radical (unpaired) electrons. The van der Waals surface area contributed by atoms with Gasteiger partial charge in [-0.1, -0.05) is 6.07 Å². The Bertz CT molecular complexity index is 362. The van der Waals surface area contributed by atoms with Gasteiger partial charge in [-0.05, 0) is 44.4 Å². The Morgan fingerprint density at radius 1 is 1.17 bits per heavy atom. The van der Waals surface area contributed by atoms with Gasteiger partial charge in [-0.3, -0.25) is 9.88 Å². The summed E-state index contributed by atoms with van der Waals surface area (Å²) in [6, 6.07) is 7.03. The van der Waals surface area contributed by atoms with Gasteiger partial charge in [0.15, 0.2) is 0 Å². The first-order valence-electron chi connectivity index (χ1n) is 7.16. The molecular formula is C15H22N2O. The third kappa shape index (κ3) is 2.73. The molecule has 2 aliphatic heterocycles. The highest BCUT2D eigenvalue weighted by molar-refractivity contribution is 5.11. The van der Waals surface area contributed by atoms with Gasteiger partial charge in [0.1, 0.15) is 0 Å². The summed E-state index contributed by atoms with van der Waals surface area (Å²) in [6.45, 7) is 4.32. The van der Waals surface area contributed by atoms with Gasteiger partial charge in [0.25, 0.3) is 0 Å². The number of piperidine rings is 1. The summed E-state index contributed by atoms with van der Waals surface area (Å²) >= 11 is 0. The zero-order chi connectivity index (χ0) is 12.2. The normalized spacial score (nSPS) is 27.2. The molecule has 0 spiro atoms. The third-order valence-corrected chi connectivity index (χ3v) is 4.27. The fourth-order valence-corrected chi connectivity index (χ4v) is 3.25. The number of aromatic nitrogens is 1. The molecule has 0 saturated carbocycles. The van der Waals surface area contributed by atoms with Crippen molar-refractivity contribution >= 4 is 0 Å². The smallest absolute Gasteiger partial charge is 0.0480 e. The van der Waals surface area contributed by atoms with Crippen LogP contribution in [0.2, 0.25) is 0 Å². The first-order valence-corrected chi connectivity index (χ1v) is 7.16. The average molecular weight is 246 g/mol. The Balaban J connectivity index is 1.64. The van der Waals surface area contributed by atoms with Crippen molar-refractivity contribution < 1.29 is 4.74 Å². The molecule has 3 rings (SSSR count). The maximum Gasteiger partial charge on any atom is 0.0480 e. The number of likely N-dealkylation sites (tertiary alicyclic amines) is 1. The molecule has 1 atom stereocenters. The molecule has 0 amide bonds. The van der Waals surface area contributed by atoms with Gasteiger partial charge in [0, 0.05) is 43.6 Å². The SMILES string of the molecule is c1ccc([C@H]2CCCN(C3CCOCC3)C2)nc1. The van der Waals surface area contributed by atoms with Crippen molar-refractivity contribution in [2.75, 3.05) is 26.3 Å². The van der Waals surface area contributed by atoms with Crippen LogP contribution >= 0.6 is 0 Å². The van der Waals surface area contributed by atoms with E-state index in [1.54, 1.807) is 0 Å². The van der Waals surface area contributed by atoms with E-state index in [-0.39, 0.29) is 0 Å². The summed E-state index contributed by atoms with van der Waals surface area (Å²) < 4.78 is 5.46. The average Bonchev–Trinajstić information content (AvgIpc) is 2.49. The fraction of sp³-hybridized carbons (Fsp3) is 0.667. The molecule has 0 aromatic carbocycles. The van der Waals surface area contributed by atoms with Crippen LogP contribution in [0.25, 0.3) is 0 Å². The molecule has 0 aliphatic carbocycles. The first kappa shape index (κ1) is 12.1. The van der Waals surface area contributed by atoms with Crippen molar-refractivity contribution in [2.45, 2.75) is 37.6 Å². The van der Waals surface area contributed by atoms with E-state index in [4.69, 9.17) is 4.74 Å². The van der Waals surface area contributed by atoms with Gasteiger partial charge in [0.2, 0.25) is 0 Å². The van der Waals surface area contributed by atoms with E-state index in [1.807, 2.05) is 12.3 Å². The number of nitrogens with zero attached hydrogens (tertiary/aromatic N) is 2. The van der Waals surface area contributed by atoms with Crippen molar-refractivity contribution in [1.82, 2.24) is 9.88 Å². The van der Waals surface area contributed by atoms with Gasteiger partial charge in [-0.15, -0.1) is 0 Å². The summed E-state index contributed by atoms with van der Waals surface area (Å²) in [5.74, 6) is 0.628. The lowest BCUT2D eigenvalue weighted by molar-refractivity contribution is 0.0237. The second-order valence-corrected chi connectivity index (χ2v) is 5.43. The van der Waals surface area contributed by atoms with Crippen LogP contribution in [-0.2, 0) is 4.74 Å². The van der Waals surface area contributed by atoms with Crippen molar-refractivity contribution in [2.24, 2.45) is 0 Å². The van der Waals surface area contributed by atoms with Crippen LogP contribution in [-0.4, -0.2) is 42.2 Å². The lowest BCUT2D eigenvalue weighted by atomic mass is 9.92. The van der Waals surface area contributed by atoms with Crippen molar-refractivity contribution in [1.29, 1.82) is 0 Å². The molecule has 0 bridgehead atoms. The maximum absolute atomic E-state index is 5.46. The second kappa shape index (κ2) is 5.81. The molecule has 0 unspecified atom stereocenters. The van der Waals surface area contributed by atoms with Crippen LogP contribution in [0.3, 0.4) is 0 Å². The predicted octanol–water partition coefficient (Wildman–Crippen LogP) is 2.44. The molecule has 3 heterocycles. The van der Waals surface area contributed by atoms with Crippen LogP contribution in [0, 0.1) is 0 Å². The van der Waals surface area contributed by atoms with Crippen LogP contribution in [0.15, 0.2) is 24.4 Å². The summed E-state index contributed by atoms with van der Waals surface area (Å²) in [5, 5.41) is 0. The van der Waals surface area contributed by atoms with E-state index in [2.05, 4.69) is 22.0 Å². The molecule has 2 saturated heterocycles. The monoisotopic (exact) mass is 246 g/mol. The van der Waals surface area contributed by atoms with Gasteiger partial charge in [0.05, 0.1) is 0 Å². The zero-order valence-corrected chi connectivity index (χ0v) is 10.9. The number of pyridine rings is 1.